The Morgan fingerprint density at radius 3 is 2.82 bits per heavy atom. The number of halogens is 2. The highest BCUT2D eigenvalue weighted by Gasteiger charge is 2.04. The number of nitrogens with zero attached hydrogens (tertiary/aromatic N) is 1. The van der Waals surface area contributed by atoms with E-state index in [0.29, 0.717) is 10.7 Å². The van der Waals surface area contributed by atoms with Crippen LogP contribution in [-0.4, -0.2) is 10.8 Å². The van der Waals surface area contributed by atoms with Gasteiger partial charge in [0.25, 0.3) is 0 Å². The van der Waals surface area contributed by atoms with E-state index in [0.717, 1.165) is 4.47 Å². The SMILES string of the molecule is N=C(N)c1ncc(Br)cc1Cl. The van der Waals surface area contributed by atoms with Gasteiger partial charge in [-0.1, -0.05) is 11.6 Å². The summed E-state index contributed by atoms with van der Waals surface area (Å²) < 4.78 is 0.771. The van der Waals surface area contributed by atoms with Crippen LogP contribution < -0.4 is 5.73 Å². The summed E-state index contributed by atoms with van der Waals surface area (Å²) in [6.45, 7) is 0. The summed E-state index contributed by atoms with van der Waals surface area (Å²) in [5, 5.41) is 7.44. The van der Waals surface area contributed by atoms with Crippen LogP contribution in [0.15, 0.2) is 16.7 Å². The van der Waals surface area contributed by atoms with Crippen LogP contribution in [0.5, 0.6) is 0 Å². The largest absolute Gasteiger partial charge is 0.382 e. The zero-order valence-electron chi connectivity index (χ0n) is 5.44. The van der Waals surface area contributed by atoms with E-state index < -0.39 is 0 Å². The molecule has 0 spiro atoms. The lowest BCUT2D eigenvalue weighted by Gasteiger charge is -1.99. The summed E-state index contributed by atoms with van der Waals surface area (Å²) in [4.78, 5) is 3.85. The first-order valence-electron chi connectivity index (χ1n) is 2.76. The fraction of sp³-hybridized carbons (Fsp3) is 0. The zero-order chi connectivity index (χ0) is 8.43. The van der Waals surface area contributed by atoms with E-state index in [1.807, 2.05) is 0 Å². The third-order valence-electron chi connectivity index (χ3n) is 1.06. The van der Waals surface area contributed by atoms with Crippen LogP contribution in [0.2, 0.25) is 5.02 Å². The average molecular weight is 234 g/mol. The number of hydrogen-bond donors (Lipinski definition) is 2. The van der Waals surface area contributed by atoms with E-state index in [1.165, 1.54) is 0 Å². The average Bonchev–Trinajstić information content (AvgIpc) is 1.85. The monoisotopic (exact) mass is 233 g/mol. The van der Waals surface area contributed by atoms with Gasteiger partial charge in [-0.15, -0.1) is 0 Å². The number of aromatic nitrogens is 1. The van der Waals surface area contributed by atoms with Gasteiger partial charge in [0, 0.05) is 10.7 Å². The smallest absolute Gasteiger partial charge is 0.143 e. The molecule has 11 heavy (non-hydrogen) atoms. The second-order valence-corrected chi connectivity index (χ2v) is 3.22. The summed E-state index contributed by atoms with van der Waals surface area (Å²) in [6, 6.07) is 1.64. The van der Waals surface area contributed by atoms with Crippen LogP contribution in [0.1, 0.15) is 5.69 Å². The molecule has 0 unspecified atom stereocenters. The third-order valence-corrected chi connectivity index (χ3v) is 1.78. The molecule has 1 aromatic rings. The summed E-state index contributed by atoms with van der Waals surface area (Å²) in [7, 11) is 0. The normalized spacial score (nSPS) is 9.64. The van der Waals surface area contributed by atoms with E-state index >= 15 is 0 Å². The summed E-state index contributed by atoms with van der Waals surface area (Å²) in [5.41, 5.74) is 5.50. The molecule has 0 aliphatic heterocycles. The molecule has 0 aromatic carbocycles. The molecule has 1 aromatic heterocycles. The molecule has 3 N–H and O–H groups in total. The van der Waals surface area contributed by atoms with Crippen molar-refractivity contribution < 1.29 is 0 Å². The van der Waals surface area contributed by atoms with E-state index in [2.05, 4.69) is 20.9 Å². The molecule has 0 aliphatic rings. The van der Waals surface area contributed by atoms with Crippen molar-refractivity contribution in [2.75, 3.05) is 0 Å². The van der Waals surface area contributed by atoms with Crippen LogP contribution in [0.25, 0.3) is 0 Å². The number of nitrogens with two attached hydrogens (primary N) is 1. The first kappa shape index (κ1) is 8.49. The number of rotatable bonds is 1. The molecule has 0 aliphatic carbocycles. The van der Waals surface area contributed by atoms with E-state index in [-0.39, 0.29) is 5.84 Å². The predicted octanol–water partition coefficient (Wildman–Crippen LogP) is 1.78. The van der Waals surface area contributed by atoms with Crippen LogP contribution in [0.4, 0.5) is 0 Å². The second-order valence-electron chi connectivity index (χ2n) is 1.90. The second kappa shape index (κ2) is 3.19. The molecule has 0 amide bonds. The topological polar surface area (TPSA) is 62.8 Å². The molecule has 0 radical (unpaired) electrons. The minimum Gasteiger partial charge on any atom is -0.382 e. The molecule has 1 rings (SSSR count). The minimum absolute atomic E-state index is 0.123. The van der Waals surface area contributed by atoms with Gasteiger partial charge < -0.3 is 5.73 Å². The Morgan fingerprint density at radius 2 is 2.36 bits per heavy atom. The molecule has 58 valence electrons. The van der Waals surface area contributed by atoms with E-state index in [4.69, 9.17) is 22.7 Å². The Bertz CT molecular complexity index is 300. The van der Waals surface area contributed by atoms with Crippen LogP contribution in [0, 0.1) is 5.41 Å². The van der Waals surface area contributed by atoms with E-state index in [1.54, 1.807) is 12.3 Å². The molecule has 0 atom stereocenters. The zero-order valence-corrected chi connectivity index (χ0v) is 7.78. The van der Waals surface area contributed by atoms with E-state index in [9.17, 15) is 0 Å². The van der Waals surface area contributed by atoms with Crippen molar-refractivity contribution in [2.24, 2.45) is 5.73 Å². The maximum absolute atomic E-state index is 7.06. The number of nitrogens with one attached hydrogen (secondary N) is 1. The maximum Gasteiger partial charge on any atom is 0.143 e. The van der Waals surface area contributed by atoms with Crippen molar-refractivity contribution in [3.63, 3.8) is 0 Å². The lowest BCUT2D eigenvalue weighted by molar-refractivity contribution is 1.24. The highest BCUT2D eigenvalue weighted by molar-refractivity contribution is 9.10. The third kappa shape index (κ3) is 1.91. The van der Waals surface area contributed by atoms with Crippen molar-refractivity contribution >= 4 is 33.4 Å². The lowest BCUT2D eigenvalue weighted by Crippen LogP contribution is -2.13. The van der Waals surface area contributed by atoms with Gasteiger partial charge in [0.2, 0.25) is 0 Å². The first-order chi connectivity index (χ1) is 5.11. The molecule has 1 heterocycles. The van der Waals surface area contributed by atoms with Crippen LogP contribution in [-0.2, 0) is 0 Å². The van der Waals surface area contributed by atoms with Crippen LogP contribution >= 0.6 is 27.5 Å². The molecular weight excluding hydrogens is 229 g/mol. The highest BCUT2D eigenvalue weighted by atomic mass is 79.9. The molecule has 5 heteroatoms. The number of amidine groups is 1. The lowest BCUT2D eigenvalue weighted by atomic mass is 10.3. The van der Waals surface area contributed by atoms with Gasteiger partial charge in [-0.05, 0) is 22.0 Å². The fourth-order valence-electron chi connectivity index (χ4n) is 0.613. The summed E-state index contributed by atoms with van der Waals surface area (Å²) >= 11 is 8.90. The first-order valence-corrected chi connectivity index (χ1v) is 3.94. The molecule has 0 fully saturated rings. The number of hydrogen-bond acceptors (Lipinski definition) is 2. The van der Waals surface area contributed by atoms with Crippen molar-refractivity contribution in [3.8, 4) is 0 Å². The number of nitrogen functional groups attached to an aromatic ring is 1. The fourth-order valence-corrected chi connectivity index (χ4v) is 1.34. The van der Waals surface area contributed by atoms with Gasteiger partial charge >= 0.3 is 0 Å². The van der Waals surface area contributed by atoms with Crippen molar-refractivity contribution in [1.82, 2.24) is 4.98 Å². The Kier molecular flexibility index (Phi) is 2.46. The van der Waals surface area contributed by atoms with Gasteiger partial charge in [-0.25, -0.2) is 0 Å². The van der Waals surface area contributed by atoms with Gasteiger partial charge in [-0.2, -0.15) is 0 Å². The summed E-state index contributed by atoms with van der Waals surface area (Å²) in [5.74, 6) is -0.123. The Hall–Kier alpha value is -0.610. The Labute approximate surface area is 77.2 Å². The van der Waals surface area contributed by atoms with Crippen molar-refractivity contribution in [2.45, 2.75) is 0 Å². The quantitative estimate of drug-likeness (QED) is 0.575. The van der Waals surface area contributed by atoms with Gasteiger partial charge in [0.1, 0.15) is 11.5 Å². The Morgan fingerprint density at radius 1 is 1.73 bits per heavy atom. The van der Waals surface area contributed by atoms with Gasteiger partial charge in [0.15, 0.2) is 0 Å². The van der Waals surface area contributed by atoms with Gasteiger partial charge in [0.05, 0.1) is 5.02 Å². The molecule has 0 saturated heterocycles. The van der Waals surface area contributed by atoms with Crippen molar-refractivity contribution in [3.05, 3.63) is 27.5 Å². The van der Waals surface area contributed by atoms with Crippen LogP contribution in [0.3, 0.4) is 0 Å². The minimum atomic E-state index is -0.123. The predicted molar refractivity (Wildman–Crippen MR) is 48.0 cm³/mol. The van der Waals surface area contributed by atoms with Gasteiger partial charge in [-0.3, -0.25) is 10.4 Å². The number of pyridine rings is 1. The van der Waals surface area contributed by atoms with Crippen molar-refractivity contribution in [1.29, 1.82) is 5.41 Å². The standard InChI is InChI=1S/C6H5BrClN3/c7-3-1-4(8)5(6(9)10)11-2-3/h1-2H,(H3,9,10). The molecule has 0 bridgehead atoms. The molecule has 3 nitrogen and oxygen atoms in total. The Balaban J connectivity index is 3.20. The highest BCUT2D eigenvalue weighted by Crippen LogP contribution is 2.17. The molecular formula is C6H5BrClN3. The maximum atomic E-state index is 7.06. The summed E-state index contributed by atoms with van der Waals surface area (Å²) in [6.07, 6.45) is 1.54. The molecule has 0 saturated carbocycles.